The smallest absolute Gasteiger partial charge is 0.131 e. The number of hydrogen-bond donors (Lipinski definition) is 0. The Morgan fingerprint density at radius 1 is 0.475 bits per heavy atom. The lowest BCUT2D eigenvalue weighted by Crippen LogP contribution is -1.99. The fourth-order valence-electron chi connectivity index (χ4n) is 4.36. The molecule has 40 heavy (non-hydrogen) atoms. The first-order valence-electron chi connectivity index (χ1n) is 12.7. The van der Waals surface area contributed by atoms with Gasteiger partial charge in [-0.15, -0.1) is 0 Å². The van der Waals surface area contributed by atoms with Gasteiger partial charge in [-0.3, -0.25) is 0 Å². The summed E-state index contributed by atoms with van der Waals surface area (Å²) in [7, 11) is 9.90. The first-order valence-corrected chi connectivity index (χ1v) is 12.7. The van der Waals surface area contributed by atoms with Crippen LogP contribution >= 0.6 is 0 Å². The van der Waals surface area contributed by atoms with E-state index in [4.69, 9.17) is 28.4 Å². The monoisotopic (exact) mass is 538 g/mol. The molecular formula is C34H34O6. The Bertz CT molecular complexity index is 1460. The van der Waals surface area contributed by atoms with Crippen LogP contribution in [0.1, 0.15) is 27.8 Å². The van der Waals surface area contributed by atoms with Crippen LogP contribution in [0.3, 0.4) is 0 Å². The Balaban J connectivity index is 1.94. The highest BCUT2D eigenvalue weighted by atomic mass is 16.5. The second-order valence-electron chi connectivity index (χ2n) is 8.83. The lowest BCUT2D eigenvalue weighted by atomic mass is 9.90. The van der Waals surface area contributed by atoms with Crippen LogP contribution in [0.15, 0.2) is 78.9 Å². The number of ether oxygens (including phenoxy) is 6. The first kappa shape index (κ1) is 28.2. The van der Waals surface area contributed by atoms with Gasteiger partial charge in [0.25, 0.3) is 0 Å². The number of methoxy groups -OCH3 is 6. The molecule has 0 N–H and O–H groups in total. The van der Waals surface area contributed by atoms with Gasteiger partial charge < -0.3 is 28.4 Å². The standard InChI is InChI=1S/C34H34O6/c1-35-27-13-8-23(9-14-27)19-32(25-11-15-28(36-2)16-12-25)34-26(20-31(39-5)22-33(34)40-6)10-7-24-17-29(37-3)21-30(18-24)38-4/h7-22H,1-6H3/b10-7+,32-19+. The average molecular weight is 539 g/mol. The lowest BCUT2D eigenvalue weighted by molar-refractivity contribution is 0.393. The third-order valence-corrected chi connectivity index (χ3v) is 6.49. The number of rotatable bonds is 11. The van der Waals surface area contributed by atoms with E-state index in [0.29, 0.717) is 23.0 Å². The minimum atomic E-state index is 0.679. The molecule has 4 aromatic carbocycles. The lowest BCUT2D eigenvalue weighted by Gasteiger charge is -2.18. The first-order chi connectivity index (χ1) is 19.5. The minimum Gasteiger partial charge on any atom is -0.497 e. The van der Waals surface area contributed by atoms with Crippen molar-refractivity contribution in [2.75, 3.05) is 42.7 Å². The Labute approximate surface area is 236 Å². The van der Waals surface area contributed by atoms with E-state index in [9.17, 15) is 0 Å². The van der Waals surface area contributed by atoms with Crippen molar-refractivity contribution < 1.29 is 28.4 Å². The Kier molecular flexibility index (Phi) is 9.36. The molecule has 0 aliphatic heterocycles. The van der Waals surface area contributed by atoms with Gasteiger partial charge >= 0.3 is 0 Å². The predicted molar refractivity (Wildman–Crippen MR) is 161 cm³/mol. The second kappa shape index (κ2) is 13.3. The Morgan fingerprint density at radius 3 is 1.52 bits per heavy atom. The van der Waals surface area contributed by atoms with Crippen LogP contribution in [0.2, 0.25) is 0 Å². The topological polar surface area (TPSA) is 55.4 Å². The maximum Gasteiger partial charge on any atom is 0.131 e. The van der Waals surface area contributed by atoms with Gasteiger partial charge in [0.05, 0.1) is 42.7 Å². The molecule has 0 amide bonds. The summed E-state index contributed by atoms with van der Waals surface area (Å²) < 4.78 is 33.3. The quantitative estimate of drug-likeness (QED) is 0.184. The summed E-state index contributed by atoms with van der Waals surface area (Å²) >= 11 is 0. The maximum atomic E-state index is 5.94. The molecule has 0 aromatic heterocycles. The van der Waals surface area contributed by atoms with Gasteiger partial charge in [-0.2, -0.15) is 0 Å². The molecule has 0 unspecified atom stereocenters. The fourth-order valence-corrected chi connectivity index (χ4v) is 4.36. The van der Waals surface area contributed by atoms with E-state index in [-0.39, 0.29) is 0 Å². The van der Waals surface area contributed by atoms with Gasteiger partial charge in [0, 0.05) is 17.7 Å². The molecule has 206 valence electrons. The number of hydrogen-bond acceptors (Lipinski definition) is 6. The largest absolute Gasteiger partial charge is 0.497 e. The van der Waals surface area contributed by atoms with E-state index in [0.717, 1.165) is 44.9 Å². The van der Waals surface area contributed by atoms with E-state index >= 15 is 0 Å². The van der Waals surface area contributed by atoms with Crippen LogP contribution < -0.4 is 28.4 Å². The molecule has 0 fully saturated rings. The molecule has 0 radical (unpaired) electrons. The molecule has 0 aliphatic rings. The molecule has 4 aromatic rings. The van der Waals surface area contributed by atoms with E-state index in [1.807, 2.05) is 91.0 Å². The van der Waals surface area contributed by atoms with Crippen LogP contribution in [0.25, 0.3) is 23.8 Å². The molecule has 0 atom stereocenters. The highest BCUT2D eigenvalue weighted by Crippen LogP contribution is 2.40. The minimum absolute atomic E-state index is 0.679. The van der Waals surface area contributed by atoms with E-state index in [1.165, 1.54) is 0 Å². The van der Waals surface area contributed by atoms with Gasteiger partial charge in [-0.1, -0.05) is 36.4 Å². The van der Waals surface area contributed by atoms with Gasteiger partial charge in [0.1, 0.15) is 34.5 Å². The van der Waals surface area contributed by atoms with Crippen molar-refractivity contribution in [1.82, 2.24) is 0 Å². The molecule has 4 rings (SSSR count). The van der Waals surface area contributed by atoms with E-state index < -0.39 is 0 Å². The second-order valence-corrected chi connectivity index (χ2v) is 8.83. The molecule has 0 saturated carbocycles. The van der Waals surface area contributed by atoms with Crippen molar-refractivity contribution in [3.05, 3.63) is 107 Å². The molecule has 0 heterocycles. The average Bonchev–Trinajstić information content (AvgIpc) is 3.02. The third kappa shape index (κ3) is 6.59. The molecule has 6 heteroatoms. The summed E-state index contributed by atoms with van der Waals surface area (Å²) in [5.74, 6) is 4.35. The van der Waals surface area contributed by atoms with Gasteiger partial charge in [0.15, 0.2) is 0 Å². The van der Waals surface area contributed by atoms with Gasteiger partial charge in [0.2, 0.25) is 0 Å². The zero-order valence-electron chi connectivity index (χ0n) is 23.7. The van der Waals surface area contributed by atoms with Crippen molar-refractivity contribution in [1.29, 1.82) is 0 Å². The van der Waals surface area contributed by atoms with E-state index in [1.54, 1.807) is 42.7 Å². The summed E-state index contributed by atoms with van der Waals surface area (Å²) in [6.07, 6.45) is 6.19. The zero-order valence-corrected chi connectivity index (χ0v) is 23.7. The molecule has 0 spiro atoms. The van der Waals surface area contributed by atoms with Crippen molar-refractivity contribution in [2.45, 2.75) is 0 Å². The fraction of sp³-hybridized carbons (Fsp3) is 0.176. The van der Waals surface area contributed by atoms with Crippen molar-refractivity contribution in [3.63, 3.8) is 0 Å². The number of benzene rings is 4. The predicted octanol–water partition coefficient (Wildman–Crippen LogP) is 7.50. The van der Waals surface area contributed by atoms with E-state index in [2.05, 4.69) is 6.08 Å². The molecule has 6 nitrogen and oxygen atoms in total. The Hall–Kier alpha value is -4.84. The van der Waals surface area contributed by atoms with Crippen LogP contribution in [0.4, 0.5) is 0 Å². The normalized spacial score (nSPS) is 11.3. The molecule has 0 saturated heterocycles. The van der Waals surface area contributed by atoms with Crippen molar-refractivity contribution in [3.8, 4) is 34.5 Å². The highest BCUT2D eigenvalue weighted by molar-refractivity contribution is 5.97. The van der Waals surface area contributed by atoms with Crippen LogP contribution in [-0.2, 0) is 0 Å². The van der Waals surface area contributed by atoms with Gasteiger partial charge in [-0.05, 0) is 76.4 Å². The maximum absolute atomic E-state index is 5.94. The summed E-state index contributed by atoms with van der Waals surface area (Å²) in [5, 5.41) is 0. The summed E-state index contributed by atoms with van der Waals surface area (Å²) in [5.41, 5.74) is 5.72. The third-order valence-electron chi connectivity index (χ3n) is 6.49. The Morgan fingerprint density at radius 2 is 1.00 bits per heavy atom. The SMILES string of the molecule is COc1ccc(/C=C(\c2ccc(OC)cc2)c2c(/C=C/c3cc(OC)cc(OC)c3)cc(OC)cc2OC)cc1. The van der Waals surface area contributed by atoms with Crippen LogP contribution in [0, 0.1) is 0 Å². The molecule has 0 bridgehead atoms. The summed E-state index contributed by atoms with van der Waals surface area (Å²) in [6, 6.07) is 25.6. The summed E-state index contributed by atoms with van der Waals surface area (Å²) in [6.45, 7) is 0. The zero-order chi connectivity index (χ0) is 28.5. The van der Waals surface area contributed by atoms with Crippen molar-refractivity contribution in [2.24, 2.45) is 0 Å². The van der Waals surface area contributed by atoms with Gasteiger partial charge in [-0.25, -0.2) is 0 Å². The molecular weight excluding hydrogens is 504 g/mol. The highest BCUT2D eigenvalue weighted by Gasteiger charge is 2.18. The molecule has 0 aliphatic carbocycles. The van der Waals surface area contributed by atoms with Crippen molar-refractivity contribution >= 4 is 23.8 Å². The van der Waals surface area contributed by atoms with Crippen LogP contribution in [-0.4, -0.2) is 42.7 Å². The summed E-state index contributed by atoms with van der Waals surface area (Å²) in [4.78, 5) is 0. The van der Waals surface area contributed by atoms with Crippen LogP contribution in [0.5, 0.6) is 34.5 Å².